The fraction of sp³-hybridized carbons (Fsp3) is 0.375. The highest BCUT2D eigenvalue weighted by Gasteiger charge is 2.57. The van der Waals surface area contributed by atoms with Gasteiger partial charge in [0.25, 0.3) is 5.91 Å². The van der Waals surface area contributed by atoms with Crippen LogP contribution in [0.2, 0.25) is 0 Å². The fourth-order valence-electron chi connectivity index (χ4n) is 4.77. The van der Waals surface area contributed by atoms with Gasteiger partial charge in [0.1, 0.15) is 0 Å². The van der Waals surface area contributed by atoms with Gasteiger partial charge in [0.05, 0.1) is 6.61 Å². The smallest absolute Gasteiger partial charge is 0.257 e. The normalized spacial score (nSPS) is 24.2. The second-order valence-corrected chi connectivity index (χ2v) is 9.72. The molecule has 5 rings (SSSR count). The van der Waals surface area contributed by atoms with Crippen molar-refractivity contribution in [1.82, 2.24) is 19.8 Å². The molecule has 0 aromatic carbocycles. The molecular weight excluding hydrogens is 408 g/mol. The van der Waals surface area contributed by atoms with Gasteiger partial charge in [-0.05, 0) is 42.3 Å². The van der Waals surface area contributed by atoms with Gasteiger partial charge in [0.2, 0.25) is 0 Å². The number of aryl methyl sites for hydroxylation is 1. The van der Waals surface area contributed by atoms with Crippen LogP contribution in [0, 0.1) is 6.92 Å². The first-order valence-corrected chi connectivity index (χ1v) is 11.5. The van der Waals surface area contributed by atoms with Crippen LogP contribution < -0.4 is 0 Å². The minimum Gasteiger partial charge on any atom is -0.361 e. The van der Waals surface area contributed by atoms with E-state index in [9.17, 15) is 4.79 Å². The van der Waals surface area contributed by atoms with E-state index in [1.54, 1.807) is 12.4 Å². The van der Waals surface area contributed by atoms with Crippen LogP contribution in [0.4, 0.5) is 0 Å². The number of rotatable bonds is 5. The number of nitrogens with zero attached hydrogens (tertiary/aromatic N) is 4. The molecule has 0 radical (unpaired) electrons. The maximum Gasteiger partial charge on any atom is 0.257 e. The van der Waals surface area contributed by atoms with Crippen LogP contribution in [-0.2, 0) is 22.6 Å². The summed E-state index contributed by atoms with van der Waals surface area (Å²) >= 11 is 1.81. The molecule has 2 atom stereocenters. The van der Waals surface area contributed by atoms with Crippen LogP contribution in [0.1, 0.15) is 26.8 Å². The standard InChI is InChI=1S/C24H26N4O2S/c1-18-6-7-21(31-18)15-27-16-22(20-5-3-9-26-13-20)24(17-27)23(29)28(10-11-30-24)14-19-4-2-8-25-12-19/h2-9,12-13,22H,10-11,14-17H2,1H3/t22-,24-/m1/s1. The Bertz CT molecular complexity index is 1040. The lowest BCUT2D eigenvalue weighted by molar-refractivity contribution is -0.173. The van der Waals surface area contributed by atoms with Crippen molar-refractivity contribution in [2.75, 3.05) is 26.2 Å². The number of morpholine rings is 1. The maximum atomic E-state index is 13.9. The number of hydrogen-bond acceptors (Lipinski definition) is 6. The minimum absolute atomic E-state index is 0.0496. The molecule has 0 bridgehead atoms. The Hall–Kier alpha value is -2.61. The molecule has 0 N–H and O–H groups in total. The van der Waals surface area contributed by atoms with E-state index in [0.29, 0.717) is 26.2 Å². The summed E-state index contributed by atoms with van der Waals surface area (Å²) in [5.41, 5.74) is 1.22. The molecule has 31 heavy (non-hydrogen) atoms. The number of ether oxygens (including phenoxy) is 1. The highest BCUT2D eigenvalue weighted by Crippen LogP contribution is 2.42. The van der Waals surface area contributed by atoms with Gasteiger partial charge in [-0.3, -0.25) is 19.7 Å². The van der Waals surface area contributed by atoms with Gasteiger partial charge in [-0.2, -0.15) is 0 Å². The molecule has 2 aliphatic rings. The van der Waals surface area contributed by atoms with Crippen LogP contribution in [0.25, 0.3) is 0 Å². The Labute approximate surface area is 186 Å². The molecule has 1 spiro atoms. The Balaban J connectivity index is 1.44. The number of pyridine rings is 2. The minimum atomic E-state index is -0.879. The van der Waals surface area contributed by atoms with Crippen molar-refractivity contribution < 1.29 is 9.53 Å². The van der Waals surface area contributed by atoms with Crippen molar-refractivity contribution in [3.8, 4) is 0 Å². The summed E-state index contributed by atoms with van der Waals surface area (Å²) in [7, 11) is 0. The highest BCUT2D eigenvalue weighted by atomic mass is 32.1. The van der Waals surface area contributed by atoms with E-state index in [1.165, 1.54) is 9.75 Å². The summed E-state index contributed by atoms with van der Waals surface area (Å²) in [6.07, 6.45) is 7.23. The number of hydrogen-bond donors (Lipinski definition) is 0. The molecule has 1 amide bonds. The third-order valence-corrected chi connectivity index (χ3v) is 7.18. The average Bonchev–Trinajstić information content (AvgIpc) is 3.37. The highest BCUT2D eigenvalue weighted by molar-refractivity contribution is 7.11. The van der Waals surface area contributed by atoms with E-state index in [0.717, 1.165) is 24.2 Å². The third kappa shape index (κ3) is 4.01. The molecule has 2 fully saturated rings. The molecule has 2 saturated heterocycles. The number of amides is 1. The number of carbonyl (C=O) groups is 1. The van der Waals surface area contributed by atoms with Gasteiger partial charge in [-0.1, -0.05) is 12.1 Å². The van der Waals surface area contributed by atoms with Gasteiger partial charge in [0, 0.05) is 73.2 Å². The zero-order chi connectivity index (χ0) is 21.3. The SMILES string of the molecule is Cc1ccc(CN2C[C@H](c3cccnc3)[C@@]3(C2)OCCN(Cc2cccnc2)C3=O)s1. The number of thiophene rings is 1. The Morgan fingerprint density at radius 2 is 1.97 bits per heavy atom. The van der Waals surface area contributed by atoms with E-state index in [4.69, 9.17) is 4.74 Å². The van der Waals surface area contributed by atoms with E-state index in [1.807, 2.05) is 46.8 Å². The second-order valence-electron chi connectivity index (χ2n) is 8.35. The van der Waals surface area contributed by atoms with Crippen molar-refractivity contribution in [2.24, 2.45) is 0 Å². The van der Waals surface area contributed by atoms with Crippen LogP contribution in [0.15, 0.2) is 61.2 Å². The second kappa shape index (κ2) is 8.49. The largest absolute Gasteiger partial charge is 0.361 e. The lowest BCUT2D eigenvalue weighted by Crippen LogP contribution is -2.59. The predicted molar refractivity (Wildman–Crippen MR) is 120 cm³/mol. The number of carbonyl (C=O) groups excluding carboxylic acids is 1. The zero-order valence-corrected chi connectivity index (χ0v) is 18.4. The molecule has 3 aromatic rings. The van der Waals surface area contributed by atoms with Gasteiger partial charge in [0.15, 0.2) is 5.60 Å². The molecule has 7 heteroatoms. The van der Waals surface area contributed by atoms with Gasteiger partial charge < -0.3 is 9.64 Å². The first-order chi connectivity index (χ1) is 15.1. The molecule has 3 aromatic heterocycles. The molecule has 2 aliphatic heterocycles. The molecule has 0 unspecified atom stereocenters. The first-order valence-electron chi connectivity index (χ1n) is 10.6. The first kappa shape index (κ1) is 20.3. The van der Waals surface area contributed by atoms with Crippen LogP contribution in [0.5, 0.6) is 0 Å². The van der Waals surface area contributed by atoms with Crippen molar-refractivity contribution in [2.45, 2.75) is 31.5 Å². The van der Waals surface area contributed by atoms with Gasteiger partial charge in [-0.15, -0.1) is 11.3 Å². The molecule has 0 aliphatic carbocycles. The quantitative estimate of drug-likeness (QED) is 0.617. The van der Waals surface area contributed by atoms with Crippen molar-refractivity contribution >= 4 is 17.2 Å². The summed E-state index contributed by atoms with van der Waals surface area (Å²) in [6, 6.07) is 12.3. The van der Waals surface area contributed by atoms with Crippen molar-refractivity contribution in [3.05, 3.63) is 82.1 Å². The average molecular weight is 435 g/mol. The van der Waals surface area contributed by atoms with Crippen molar-refractivity contribution in [3.63, 3.8) is 0 Å². The van der Waals surface area contributed by atoms with Gasteiger partial charge >= 0.3 is 0 Å². The summed E-state index contributed by atoms with van der Waals surface area (Å²) in [5.74, 6) is 0.0211. The van der Waals surface area contributed by atoms with E-state index in [2.05, 4.69) is 40.0 Å². The lowest BCUT2D eigenvalue weighted by atomic mass is 9.83. The monoisotopic (exact) mass is 434 g/mol. The molecular formula is C24H26N4O2S. The molecule has 160 valence electrons. The Kier molecular flexibility index (Phi) is 5.56. The molecule has 6 nitrogen and oxygen atoms in total. The summed E-state index contributed by atoms with van der Waals surface area (Å²) in [6.45, 7) is 6.01. The zero-order valence-electron chi connectivity index (χ0n) is 17.6. The van der Waals surface area contributed by atoms with Crippen LogP contribution in [0.3, 0.4) is 0 Å². The Morgan fingerprint density at radius 1 is 1.13 bits per heavy atom. The third-order valence-electron chi connectivity index (χ3n) is 6.19. The summed E-state index contributed by atoms with van der Waals surface area (Å²) in [4.78, 5) is 29.3. The molecule has 0 saturated carbocycles. The van der Waals surface area contributed by atoms with Crippen LogP contribution in [-0.4, -0.2) is 57.5 Å². The summed E-state index contributed by atoms with van der Waals surface area (Å²) in [5, 5.41) is 0. The summed E-state index contributed by atoms with van der Waals surface area (Å²) < 4.78 is 6.37. The van der Waals surface area contributed by atoms with Crippen LogP contribution >= 0.6 is 11.3 Å². The van der Waals surface area contributed by atoms with Crippen molar-refractivity contribution in [1.29, 1.82) is 0 Å². The lowest BCUT2D eigenvalue weighted by Gasteiger charge is -2.42. The fourth-order valence-corrected chi connectivity index (χ4v) is 5.71. The molecule has 5 heterocycles. The Morgan fingerprint density at radius 3 is 2.68 bits per heavy atom. The maximum absolute atomic E-state index is 13.9. The topological polar surface area (TPSA) is 58.6 Å². The number of aromatic nitrogens is 2. The van der Waals surface area contributed by atoms with E-state index >= 15 is 0 Å². The van der Waals surface area contributed by atoms with E-state index < -0.39 is 5.60 Å². The van der Waals surface area contributed by atoms with E-state index in [-0.39, 0.29) is 11.8 Å². The predicted octanol–water partition coefficient (Wildman–Crippen LogP) is 3.24. The van der Waals surface area contributed by atoms with Gasteiger partial charge in [-0.25, -0.2) is 0 Å². The number of likely N-dealkylation sites (tertiary alicyclic amines) is 1.